The van der Waals surface area contributed by atoms with Gasteiger partial charge in [-0.2, -0.15) is 0 Å². The van der Waals surface area contributed by atoms with Gasteiger partial charge in [0.2, 0.25) is 0 Å². The molecule has 5 heteroatoms. The Labute approximate surface area is 117 Å². The molecule has 1 amide bonds. The molecule has 0 radical (unpaired) electrons. The van der Waals surface area contributed by atoms with Gasteiger partial charge >= 0.3 is 5.97 Å². The van der Waals surface area contributed by atoms with Crippen LogP contribution in [0.2, 0.25) is 0 Å². The normalized spacial score (nSPS) is 21.6. The number of hydrogen-bond acceptors (Lipinski definition) is 3. The van der Waals surface area contributed by atoms with Crippen LogP contribution in [0.4, 0.5) is 5.69 Å². The minimum absolute atomic E-state index is 0.0816. The van der Waals surface area contributed by atoms with E-state index in [1.54, 1.807) is 19.1 Å². The topological polar surface area (TPSA) is 75.6 Å². The van der Waals surface area contributed by atoms with Gasteiger partial charge in [0.15, 0.2) is 0 Å². The highest BCUT2D eigenvalue weighted by molar-refractivity contribution is 5.97. The summed E-state index contributed by atoms with van der Waals surface area (Å²) in [5.41, 5.74) is 0.814. The standard InChI is InChI=1S/C15H19NO4/c1-15(8-3-9-20-15)14(19)16-12-5-2-4-11(10-12)6-7-13(17)18/h2,4-5,10H,3,6-9H2,1H3,(H,16,19)(H,17,18). The molecule has 20 heavy (non-hydrogen) atoms. The van der Waals surface area contributed by atoms with E-state index in [1.807, 2.05) is 12.1 Å². The maximum absolute atomic E-state index is 12.2. The number of ether oxygens (including phenoxy) is 1. The van der Waals surface area contributed by atoms with Gasteiger partial charge in [-0.1, -0.05) is 12.1 Å². The predicted octanol–water partition coefficient (Wildman–Crippen LogP) is 2.21. The van der Waals surface area contributed by atoms with Gasteiger partial charge in [0.05, 0.1) is 0 Å². The van der Waals surface area contributed by atoms with E-state index in [2.05, 4.69) is 5.32 Å². The number of rotatable bonds is 5. The zero-order valence-electron chi connectivity index (χ0n) is 11.5. The van der Waals surface area contributed by atoms with Gasteiger partial charge in [0.25, 0.3) is 5.91 Å². The van der Waals surface area contributed by atoms with Crippen LogP contribution in [0.1, 0.15) is 31.7 Å². The van der Waals surface area contributed by atoms with E-state index in [0.717, 1.165) is 18.4 Å². The average molecular weight is 277 g/mol. The Morgan fingerprint density at radius 3 is 2.90 bits per heavy atom. The van der Waals surface area contributed by atoms with Crippen LogP contribution < -0.4 is 5.32 Å². The minimum Gasteiger partial charge on any atom is -0.481 e. The van der Waals surface area contributed by atoms with Crippen molar-refractivity contribution in [3.63, 3.8) is 0 Å². The van der Waals surface area contributed by atoms with Crippen molar-refractivity contribution in [3.05, 3.63) is 29.8 Å². The van der Waals surface area contributed by atoms with Crippen LogP contribution in [-0.2, 0) is 20.7 Å². The fourth-order valence-corrected chi connectivity index (χ4v) is 2.28. The highest BCUT2D eigenvalue weighted by Gasteiger charge is 2.37. The first kappa shape index (κ1) is 14.5. The predicted molar refractivity (Wildman–Crippen MR) is 74.6 cm³/mol. The number of aryl methyl sites for hydroxylation is 1. The van der Waals surface area contributed by atoms with E-state index in [9.17, 15) is 9.59 Å². The first-order chi connectivity index (χ1) is 9.49. The van der Waals surface area contributed by atoms with Crippen molar-refractivity contribution in [1.82, 2.24) is 0 Å². The van der Waals surface area contributed by atoms with Gasteiger partial charge in [0, 0.05) is 18.7 Å². The van der Waals surface area contributed by atoms with Crippen LogP contribution in [0.3, 0.4) is 0 Å². The van der Waals surface area contributed by atoms with E-state index < -0.39 is 11.6 Å². The molecule has 0 spiro atoms. The summed E-state index contributed by atoms with van der Waals surface area (Å²) in [6.07, 6.45) is 2.14. The van der Waals surface area contributed by atoms with Gasteiger partial charge in [-0.15, -0.1) is 0 Å². The van der Waals surface area contributed by atoms with Gasteiger partial charge < -0.3 is 15.2 Å². The summed E-state index contributed by atoms with van der Waals surface area (Å²) in [5.74, 6) is -0.975. The van der Waals surface area contributed by atoms with Crippen molar-refractivity contribution in [2.24, 2.45) is 0 Å². The largest absolute Gasteiger partial charge is 0.481 e. The number of anilines is 1. The Morgan fingerprint density at radius 1 is 1.45 bits per heavy atom. The first-order valence-corrected chi connectivity index (χ1v) is 6.76. The molecule has 0 aliphatic carbocycles. The second kappa shape index (κ2) is 6.05. The molecule has 0 saturated carbocycles. The van der Waals surface area contributed by atoms with Gasteiger partial charge in [-0.05, 0) is 43.9 Å². The molecule has 1 aliphatic rings. The molecule has 1 fully saturated rings. The molecular formula is C15H19NO4. The first-order valence-electron chi connectivity index (χ1n) is 6.76. The third-order valence-corrected chi connectivity index (χ3v) is 3.51. The number of carboxylic acid groups (broad SMARTS) is 1. The maximum atomic E-state index is 12.2. The molecule has 0 aromatic heterocycles. The Balaban J connectivity index is 2.00. The lowest BCUT2D eigenvalue weighted by Gasteiger charge is -2.22. The fraction of sp³-hybridized carbons (Fsp3) is 0.467. The molecule has 1 aliphatic heterocycles. The number of carboxylic acids is 1. The summed E-state index contributed by atoms with van der Waals surface area (Å²) in [6, 6.07) is 7.26. The van der Waals surface area contributed by atoms with Crippen molar-refractivity contribution in [2.75, 3.05) is 11.9 Å². The number of carbonyl (C=O) groups excluding carboxylic acids is 1. The molecule has 2 N–H and O–H groups in total. The summed E-state index contributed by atoms with van der Waals surface area (Å²) in [5, 5.41) is 11.5. The van der Waals surface area contributed by atoms with E-state index in [-0.39, 0.29) is 12.3 Å². The fourth-order valence-electron chi connectivity index (χ4n) is 2.28. The van der Waals surface area contributed by atoms with Crippen LogP contribution in [0.25, 0.3) is 0 Å². The molecule has 1 heterocycles. The van der Waals surface area contributed by atoms with Crippen LogP contribution >= 0.6 is 0 Å². The van der Waals surface area contributed by atoms with Crippen molar-refractivity contribution in [1.29, 1.82) is 0 Å². The van der Waals surface area contributed by atoms with Crippen LogP contribution in [0.5, 0.6) is 0 Å². The summed E-state index contributed by atoms with van der Waals surface area (Å²) in [7, 11) is 0. The van der Waals surface area contributed by atoms with Crippen LogP contribution in [-0.4, -0.2) is 29.2 Å². The highest BCUT2D eigenvalue weighted by Crippen LogP contribution is 2.26. The Bertz CT molecular complexity index is 506. The Kier molecular flexibility index (Phi) is 4.39. The monoisotopic (exact) mass is 277 g/mol. The smallest absolute Gasteiger partial charge is 0.303 e. The van der Waals surface area contributed by atoms with Crippen molar-refractivity contribution in [3.8, 4) is 0 Å². The van der Waals surface area contributed by atoms with Crippen molar-refractivity contribution < 1.29 is 19.4 Å². The lowest BCUT2D eigenvalue weighted by Crippen LogP contribution is -2.39. The molecule has 108 valence electrons. The maximum Gasteiger partial charge on any atom is 0.303 e. The number of aliphatic carboxylic acids is 1. The van der Waals surface area contributed by atoms with E-state index >= 15 is 0 Å². The van der Waals surface area contributed by atoms with Crippen LogP contribution in [0, 0.1) is 0 Å². The van der Waals surface area contributed by atoms with E-state index in [1.165, 1.54) is 0 Å². The number of hydrogen-bond donors (Lipinski definition) is 2. The molecule has 1 unspecified atom stereocenters. The summed E-state index contributed by atoms with van der Waals surface area (Å²) in [4.78, 5) is 22.7. The van der Waals surface area contributed by atoms with E-state index in [0.29, 0.717) is 18.7 Å². The lowest BCUT2D eigenvalue weighted by molar-refractivity contribution is -0.137. The SMILES string of the molecule is CC1(C(=O)Nc2cccc(CCC(=O)O)c2)CCCO1. The molecule has 0 bridgehead atoms. The number of carbonyl (C=O) groups is 2. The minimum atomic E-state index is -0.827. The van der Waals surface area contributed by atoms with Gasteiger partial charge in [-0.25, -0.2) is 0 Å². The number of benzene rings is 1. The highest BCUT2D eigenvalue weighted by atomic mass is 16.5. The van der Waals surface area contributed by atoms with Gasteiger partial charge in [0.1, 0.15) is 5.60 Å². The molecule has 2 rings (SSSR count). The quantitative estimate of drug-likeness (QED) is 0.865. The summed E-state index contributed by atoms with van der Waals surface area (Å²) < 4.78 is 5.49. The zero-order valence-corrected chi connectivity index (χ0v) is 11.5. The molecule has 1 aromatic rings. The third kappa shape index (κ3) is 3.57. The summed E-state index contributed by atoms with van der Waals surface area (Å²) in [6.45, 7) is 2.41. The number of nitrogens with one attached hydrogen (secondary N) is 1. The Morgan fingerprint density at radius 2 is 2.25 bits per heavy atom. The summed E-state index contributed by atoms with van der Waals surface area (Å²) >= 11 is 0. The second-order valence-electron chi connectivity index (χ2n) is 5.23. The molecule has 5 nitrogen and oxygen atoms in total. The molecule has 1 atom stereocenters. The second-order valence-corrected chi connectivity index (χ2v) is 5.23. The van der Waals surface area contributed by atoms with Crippen molar-refractivity contribution >= 4 is 17.6 Å². The molecular weight excluding hydrogens is 258 g/mol. The van der Waals surface area contributed by atoms with E-state index in [4.69, 9.17) is 9.84 Å². The third-order valence-electron chi connectivity index (χ3n) is 3.51. The lowest BCUT2D eigenvalue weighted by atomic mass is 10.0. The molecule has 1 saturated heterocycles. The van der Waals surface area contributed by atoms with Crippen LogP contribution in [0.15, 0.2) is 24.3 Å². The van der Waals surface area contributed by atoms with Crippen molar-refractivity contribution in [2.45, 2.75) is 38.2 Å². The van der Waals surface area contributed by atoms with Gasteiger partial charge in [-0.3, -0.25) is 9.59 Å². The zero-order chi connectivity index (χ0) is 14.6. The molecule has 1 aromatic carbocycles. The Hall–Kier alpha value is -1.88. The average Bonchev–Trinajstić information content (AvgIpc) is 2.85. The number of amides is 1.